The van der Waals surface area contributed by atoms with Crippen LogP contribution in [0.15, 0.2) is 54.0 Å². The van der Waals surface area contributed by atoms with E-state index in [1.807, 2.05) is 47.8 Å². The molecule has 1 saturated heterocycles. The molecule has 1 aromatic carbocycles. The van der Waals surface area contributed by atoms with Gasteiger partial charge < -0.3 is 20.1 Å². The molecule has 0 radical (unpaired) electrons. The Morgan fingerprint density at radius 2 is 2.22 bits per heavy atom. The first-order valence-electron chi connectivity index (χ1n) is 8.93. The lowest BCUT2D eigenvalue weighted by molar-refractivity contribution is -0.00382. The number of hydrogen-bond donors (Lipinski definition) is 2. The summed E-state index contributed by atoms with van der Waals surface area (Å²) in [6, 6.07) is 13.0. The van der Waals surface area contributed by atoms with E-state index in [-0.39, 0.29) is 12.1 Å². The van der Waals surface area contributed by atoms with E-state index in [1.54, 1.807) is 11.1 Å². The SMILES string of the molecule is O=C(Nc1cccc2cccnc12)N1CCOC[C@H]1C[C@@H](O)c1cccs1. The number of urea groups is 1. The quantitative estimate of drug-likeness (QED) is 0.721. The van der Waals surface area contributed by atoms with Crippen molar-refractivity contribution >= 4 is 34.0 Å². The van der Waals surface area contributed by atoms with Gasteiger partial charge in [-0.2, -0.15) is 0 Å². The molecule has 7 heteroatoms. The van der Waals surface area contributed by atoms with Gasteiger partial charge in [-0.05, 0) is 23.6 Å². The van der Waals surface area contributed by atoms with Crippen LogP contribution in [0.4, 0.5) is 10.5 Å². The molecule has 3 heterocycles. The van der Waals surface area contributed by atoms with Gasteiger partial charge in [-0.1, -0.05) is 24.3 Å². The molecule has 2 aromatic heterocycles. The second-order valence-corrected chi connectivity index (χ2v) is 7.48. The first-order chi connectivity index (χ1) is 13.2. The van der Waals surface area contributed by atoms with Crippen LogP contribution >= 0.6 is 11.3 Å². The molecule has 140 valence electrons. The van der Waals surface area contributed by atoms with E-state index in [0.29, 0.717) is 31.9 Å². The van der Waals surface area contributed by atoms with Gasteiger partial charge in [-0.15, -0.1) is 11.3 Å². The van der Waals surface area contributed by atoms with Crippen LogP contribution < -0.4 is 5.32 Å². The van der Waals surface area contributed by atoms with E-state index in [4.69, 9.17) is 4.74 Å². The van der Waals surface area contributed by atoms with Gasteiger partial charge in [0.05, 0.1) is 36.6 Å². The molecule has 1 aliphatic rings. The number of thiophene rings is 1. The van der Waals surface area contributed by atoms with E-state index < -0.39 is 6.10 Å². The number of hydrogen-bond acceptors (Lipinski definition) is 5. The largest absolute Gasteiger partial charge is 0.387 e. The molecule has 1 aliphatic heterocycles. The molecule has 0 spiro atoms. The van der Waals surface area contributed by atoms with E-state index in [1.165, 1.54) is 11.3 Å². The third kappa shape index (κ3) is 3.95. The Kier molecular flexibility index (Phi) is 5.33. The van der Waals surface area contributed by atoms with Crippen molar-refractivity contribution in [3.8, 4) is 0 Å². The maximum atomic E-state index is 12.9. The van der Waals surface area contributed by atoms with Crippen LogP contribution in [0.1, 0.15) is 17.4 Å². The highest BCUT2D eigenvalue weighted by Gasteiger charge is 2.30. The molecule has 2 amide bonds. The summed E-state index contributed by atoms with van der Waals surface area (Å²) >= 11 is 1.52. The Morgan fingerprint density at radius 3 is 3.07 bits per heavy atom. The first-order valence-corrected chi connectivity index (χ1v) is 9.81. The zero-order valence-corrected chi connectivity index (χ0v) is 15.6. The van der Waals surface area contributed by atoms with Crippen LogP contribution in [0, 0.1) is 0 Å². The van der Waals surface area contributed by atoms with Crippen LogP contribution in [0.2, 0.25) is 0 Å². The molecule has 1 fully saturated rings. The van der Waals surface area contributed by atoms with Crippen molar-refractivity contribution in [1.82, 2.24) is 9.88 Å². The fourth-order valence-corrected chi connectivity index (χ4v) is 4.09. The lowest BCUT2D eigenvalue weighted by Gasteiger charge is -2.36. The normalized spacial score (nSPS) is 18.4. The van der Waals surface area contributed by atoms with Crippen LogP contribution in [0.3, 0.4) is 0 Å². The number of ether oxygens (including phenoxy) is 1. The first kappa shape index (κ1) is 17.9. The third-order valence-corrected chi connectivity index (χ3v) is 5.70. The predicted octanol–water partition coefficient (Wildman–Crippen LogP) is 3.65. The number of carbonyl (C=O) groups excluding carboxylic acids is 1. The summed E-state index contributed by atoms with van der Waals surface area (Å²) in [4.78, 5) is 20.0. The Hall–Kier alpha value is -2.48. The smallest absolute Gasteiger partial charge is 0.322 e. The van der Waals surface area contributed by atoms with Crippen molar-refractivity contribution in [3.63, 3.8) is 0 Å². The van der Waals surface area contributed by atoms with E-state index in [0.717, 1.165) is 15.8 Å². The summed E-state index contributed by atoms with van der Waals surface area (Å²) in [7, 11) is 0. The standard InChI is InChI=1S/C20H21N3O3S/c24-17(18-7-3-11-27-18)12-15-13-26-10-9-23(15)20(25)22-16-6-1-4-14-5-2-8-21-19(14)16/h1-8,11,15,17,24H,9-10,12-13H2,(H,22,25)/t15-,17-/m1/s1. The molecular weight excluding hydrogens is 362 g/mol. The van der Waals surface area contributed by atoms with Gasteiger partial charge in [0.15, 0.2) is 0 Å². The van der Waals surface area contributed by atoms with E-state index >= 15 is 0 Å². The molecule has 0 aliphatic carbocycles. The number of amides is 2. The number of morpholine rings is 1. The van der Waals surface area contributed by atoms with Gasteiger partial charge in [0.1, 0.15) is 0 Å². The minimum atomic E-state index is -0.605. The highest BCUT2D eigenvalue weighted by Crippen LogP contribution is 2.27. The number of fused-ring (bicyclic) bond motifs is 1. The number of nitrogens with zero attached hydrogens (tertiary/aromatic N) is 2. The van der Waals surface area contributed by atoms with Gasteiger partial charge in [-0.25, -0.2) is 4.79 Å². The predicted molar refractivity (Wildman–Crippen MR) is 106 cm³/mol. The number of para-hydroxylation sites is 1. The molecule has 4 rings (SSSR count). The zero-order valence-electron chi connectivity index (χ0n) is 14.7. The number of benzene rings is 1. The van der Waals surface area contributed by atoms with Crippen LogP contribution in [0.5, 0.6) is 0 Å². The summed E-state index contributed by atoms with van der Waals surface area (Å²) in [6.45, 7) is 1.41. The molecule has 0 bridgehead atoms. The highest BCUT2D eigenvalue weighted by molar-refractivity contribution is 7.10. The lowest BCUT2D eigenvalue weighted by Crippen LogP contribution is -2.50. The minimum absolute atomic E-state index is 0.182. The molecule has 27 heavy (non-hydrogen) atoms. The van der Waals surface area contributed by atoms with E-state index in [9.17, 15) is 9.90 Å². The fourth-order valence-electron chi connectivity index (χ4n) is 3.36. The zero-order chi connectivity index (χ0) is 18.6. The Bertz CT molecular complexity index is 910. The topological polar surface area (TPSA) is 74.7 Å². The average Bonchev–Trinajstić information content (AvgIpc) is 3.24. The Morgan fingerprint density at radius 1 is 1.33 bits per heavy atom. The van der Waals surface area contributed by atoms with Crippen molar-refractivity contribution in [2.24, 2.45) is 0 Å². The summed E-state index contributed by atoms with van der Waals surface area (Å²) < 4.78 is 5.56. The average molecular weight is 383 g/mol. The molecule has 2 N–H and O–H groups in total. The minimum Gasteiger partial charge on any atom is -0.387 e. The molecule has 0 saturated carbocycles. The molecule has 2 atom stereocenters. The highest BCUT2D eigenvalue weighted by atomic mass is 32.1. The van der Waals surface area contributed by atoms with Crippen molar-refractivity contribution in [1.29, 1.82) is 0 Å². The number of pyridine rings is 1. The summed E-state index contributed by atoms with van der Waals surface area (Å²) in [5.74, 6) is 0. The molecular formula is C20H21N3O3S. The van der Waals surface area contributed by atoms with Gasteiger partial charge >= 0.3 is 6.03 Å². The summed E-state index contributed by atoms with van der Waals surface area (Å²) in [6.07, 6.45) is 1.56. The number of aliphatic hydroxyl groups excluding tert-OH is 1. The molecule has 3 aromatic rings. The van der Waals surface area contributed by atoms with Gasteiger partial charge in [-0.3, -0.25) is 4.98 Å². The monoisotopic (exact) mass is 383 g/mol. The Labute approximate surface area is 161 Å². The van der Waals surface area contributed by atoms with E-state index in [2.05, 4.69) is 10.3 Å². The van der Waals surface area contributed by atoms with Crippen molar-refractivity contribution < 1.29 is 14.6 Å². The molecule has 0 unspecified atom stereocenters. The number of nitrogens with one attached hydrogen (secondary N) is 1. The van der Waals surface area contributed by atoms with Crippen LogP contribution in [-0.4, -0.2) is 46.8 Å². The van der Waals surface area contributed by atoms with Gasteiger partial charge in [0.2, 0.25) is 0 Å². The number of rotatable bonds is 4. The Balaban J connectivity index is 1.50. The second-order valence-electron chi connectivity index (χ2n) is 6.50. The number of anilines is 1. The van der Waals surface area contributed by atoms with Crippen molar-refractivity contribution in [2.75, 3.05) is 25.1 Å². The number of aliphatic hydroxyl groups is 1. The maximum Gasteiger partial charge on any atom is 0.322 e. The molecule has 6 nitrogen and oxygen atoms in total. The van der Waals surface area contributed by atoms with Gasteiger partial charge in [0.25, 0.3) is 0 Å². The third-order valence-electron chi connectivity index (χ3n) is 4.73. The number of carbonyl (C=O) groups is 1. The van der Waals surface area contributed by atoms with Crippen molar-refractivity contribution in [3.05, 3.63) is 58.9 Å². The van der Waals surface area contributed by atoms with Crippen molar-refractivity contribution in [2.45, 2.75) is 18.6 Å². The number of aromatic nitrogens is 1. The van der Waals surface area contributed by atoms with Crippen LogP contribution in [-0.2, 0) is 4.74 Å². The fraction of sp³-hybridized carbons (Fsp3) is 0.300. The second kappa shape index (κ2) is 8.04. The van der Waals surface area contributed by atoms with Gasteiger partial charge in [0, 0.05) is 29.4 Å². The summed E-state index contributed by atoms with van der Waals surface area (Å²) in [5, 5.41) is 16.4. The maximum absolute atomic E-state index is 12.9. The van der Waals surface area contributed by atoms with Crippen LogP contribution in [0.25, 0.3) is 10.9 Å². The lowest BCUT2D eigenvalue weighted by atomic mass is 10.1. The summed E-state index contributed by atoms with van der Waals surface area (Å²) in [5.41, 5.74) is 1.44.